The highest BCUT2D eigenvalue weighted by Gasteiger charge is 2.20. The Morgan fingerprint density at radius 1 is 1.47 bits per heavy atom. The van der Waals surface area contributed by atoms with Gasteiger partial charge in [0.25, 0.3) is 0 Å². The normalized spacial score (nSPS) is 14.4. The number of nitrogens with one attached hydrogen (secondary N) is 1. The van der Waals surface area contributed by atoms with E-state index in [4.69, 9.17) is 11.2 Å². The van der Waals surface area contributed by atoms with Crippen LogP contribution in [0.2, 0.25) is 0 Å². The smallest absolute Gasteiger partial charge is 0.126 e. The van der Waals surface area contributed by atoms with Gasteiger partial charge < -0.3 is 10.1 Å². The number of hydrogen-bond donors (Lipinski definition) is 1. The first-order valence-electron chi connectivity index (χ1n) is 6.19. The summed E-state index contributed by atoms with van der Waals surface area (Å²) in [6, 6.07) is 6.99. The predicted octanol–water partition coefficient (Wildman–Crippen LogP) is 2.65. The Bertz CT molecular complexity index is 415. The van der Waals surface area contributed by atoms with Gasteiger partial charge in [-0.2, -0.15) is 0 Å². The van der Waals surface area contributed by atoms with Gasteiger partial charge in [-0.1, -0.05) is 18.2 Å². The second-order valence-electron chi connectivity index (χ2n) is 4.52. The first-order valence-corrected chi connectivity index (χ1v) is 6.19. The van der Waals surface area contributed by atoms with E-state index >= 15 is 0 Å². The van der Waals surface area contributed by atoms with Crippen LogP contribution in [-0.4, -0.2) is 12.6 Å². The Labute approximate surface area is 103 Å². The van der Waals surface area contributed by atoms with Crippen molar-refractivity contribution in [3.63, 3.8) is 0 Å². The van der Waals surface area contributed by atoms with Crippen LogP contribution in [0.15, 0.2) is 18.2 Å². The lowest BCUT2D eigenvalue weighted by Crippen LogP contribution is -2.16. The number of hydrogen-bond acceptors (Lipinski definition) is 2. The fourth-order valence-electron chi connectivity index (χ4n) is 1.81. The monoisotopic (exact) mass is 229 g/mol. The van der Waals surface area contributed by atoms with Crippen LogP contribution in [0.4, 0.5) is 0 Å². The van der Waals surface area contributed by atoms with Gasteiger partial charge in [0.2, 0.25) is 0 Å². The van der Waals surface area contributed by atoms with E-state index in [1.807, 2.05) is 0 Å². The number of benzene rings is 1. The molecular weight excluding hydrogens is 210 g/mol. The third-order valence-electron chi connectivity index (χ3n) is 2.94. The molecule has 1 aliphatic carbocycles. The summed E-state index contributed by atoms with van der Waals surface area (Å²) in [5.74, 6) is 3.59. The third-order valence-corrected chi connectivity index (χ3v) is 2.94. The molecule has 0 saturated heterocycles. The zero-order valence-corrected chi connectivity index (χ0v) is 10.3. The van der Waals surface area contributed by atoms with Gasteiger partial charge in [0.05, 0.1) is 6.61 Å². The number of aryl methyl sites for hydroxylation is 1. The van der Waals surface area contributed by atoms with E-state index in [0.29, 0.717) is 19.1 Å². The minimum Gasteiger partial charge on any atom is -0.492 e. The fourth-order valence-corrected chi connectivity index (χ4v) is 1.81. The van der Waals surface area contributed by atoms with E-state index < -0.39 is 0 Å². The summed E-state index contributed by atoms with van der Waals surface area (Å²) in [5, 5.41) is 3.51. The summed E-state index contributed by atoms with van der Waals surface area (Å²) in [5.41, 5.74) is 2.41. The van der Waals surface area contributed by atoms with Gasteiger partial charge in [0.1, 0.15) is 5.75 Å². The summed E-state index contributed by atoms with van der Waals surface area (Å²) in [6.07, 6.45) is 8.50. The summed E-state index contributed by atoms with van der Waals surface area (Å²) < 4.78 is 5.78. The molecular formula is C15H19NO. The second kappa shape index (κ2) is 5.75. The molecule has 1 fully saturated rings. The molecule has 0 unspecified atom stereocenters. The van der Waals surface area contributed by atoms with Crippen molar-refractivity contribution in [3.8, 4) is 18.1 Å². The molecule has 0 amide bonds. The topological polar surface area (TPSA) is 21.3 Å². The first kappa shape index (κ1) is 12.0. The molecule has 0 radical (unpaired) electrons. The van der Waals surface area contributed by atoms with E-state index in [-0.39, 0.29) is 0 Å². The lowest BCUT2D eigenvalue weighted by atomic mass is 10.1. The fraction of sp³-hybridized carbons (Fsp3) is 0.467. The van der Waals surface area contributed by atoms with E-state index in [0.717, 1.165) is 12.3 Å². The van der Waals surface area contributed by atoms with Crippen molar-refractivity contribution in [1.82, 2.24) is 5.32 Å². The lowest BCUT2D eigenvalue weighted by molar-refractivity contribution is 0.320. The molecule has 2 heteroatoms. The Kier molecular flexibility index (Phi) is 4.06. The molecule has 0 atom stereocenters. The molecule has 0 bridgehead atoms. The van der Waals surface area contributed by atoms with Gasteiger partial charge in [-0.15, -0.1) is 12.3 Å². The third kappa shape index (κ3) is 3.51. The quantitative estimate of drug-likeness (QED) is 0.598. The predicted molar refractivity (Wildman–Crippen MR) is 70.0 cm³/mol. The van der Waals surface area contributed by atoms with Gasteiger partial charge in [-0.05, 0) is 25.3 Å². The van der Waals surface area contributed by atoms with Crippen molar-refractivity contribution in [2.75, 3.05) is 6.61 Å². The second-order valence-corrected chi connectivity index (χ2v) is 4.52. The van der Waals surface area contributed by atoms with E-state index in [2.05, 4.69) is 36.4 Å². The summed E-state index contributed by atoms with van der Waals surface area (Å²) in [6.45, 7) is 3.56. The van der Waals surface area contributed by atoms with Gasteiger partial charge >= 0.3 is 0 Å². The van der Waals surface area contributed by atoms with Crippen LogP contribution < -0.4 is 10.1 Å². The lowest BCUT2D eigenvalue weighted by Gasteiger charge is -2.13. The van der Waals surface area contributed by atoms with Crippen molar-refractivity contribution in [1.29, 1.82) is 0 Å². The Morgan fingerprint density at radius 3 is 3.00 bits per heavy atom. The standard InChI is InChI=1S/C15H19NO/c1-3-4-10-17-15-12(2)6-5-7-13(15)11-16-14-8-9-14/h1,5-7,14,16H,4,8-11H2,2H3. The van der Waals surface area contributed by atoms with Crippen LogP contribution in [0.3, 0.4) is 0 Å². The van der Waals surface area contributed by atoms with Crippen molar-refractivity contribution < 1.29 is 4.74 Å². The number of rotatable bonds is 6. The minimum atomic E-state index is 0.595. The highest BCUT2D eigenvalue weighted by Crippen LogP contribution is 2.25. The molecule has 2 rings (SSSR count). The maximum Gasteiger partial charge on any atom is 0.126 e. The number of para-hydroxylation sites is 1. The average molecular weight is 229 g/mol. The summed E-state index contributed by atoms with van der Waals surface area (Å²) >= 11 is 0. The molecule has 1 aliphatic rings. The number of ether oxygens (including phenoxy) is 1. The molecule has 1 aromatic carbocycles. The van der Waals surface area contributed by atoms with Gasteiger partial charge in [0, 0.05) is 24.6 Å². The first-order chi connectivity index (χ1) is 8.31. The van der Waals surface area contributed by atoms with Crippen molar-refractivity contribution >= 4 is 0 Å². The van der Waals surface area contributed by atoms with Crippen LogP contribution in [-0.2, 0) is 6.54 Å². The zero-order chi connectivity index (χ0) is 12.1. The zero-order valence-electron chi connectivity index (χ0n) is 10.3. The molecule has 1 aromatic rings. The molecule has 0 heterocycles. The van der Waals surface area contributed by atoms with E-state index in [1.165, 1.54) is 24.0 Å². The summed E-state index contributed by atoms with van der Waals surface area (Å²) in [7, 11) is 0. The van der Waals surface area contributed by atoms with Gasteiger partial charge in [-0.25, -0.2) is 0 Å². The maximum atomic E-state index is 5.78. The highest BCUT2D eigenvalue weighted by molar-refractivity contribution is 5.40. The molecule has 1 N–H and O–H groups in total. The van der Waals surface area contributed by atoms with Crippen LogP contribution in [0.1, 0.15) is 30.4 Å². The van der Waals surface area contributed by atoms with Crippen molar-refractivity contribution in [2.45, 2.75) is 38.8 Å². The van der Waals surface area contributed by atoms with Crippen LogP contribution in [0.5, 0.6) is 5.75 Å². The van der Waals surface area contributed by atoms with E-state index in [9.17, 15) is 0 Å². The maximum absolute atomic E-state index is 5.78. The number of terminal acetylenes is 1. The summed E-state index contributed by atoms with van der Waals surface area (Å²) in [4.78, 5) is 0. The molecule has 90 valence electrons. The molecule has 0 aliphatic heterocycles. The molecule has 2 nitrogen and oxygen atoms in total. The van der Waals surface area contributed by atoms with E-state index in [1.54, 1.807) is 0 Å². The largest absolute Gasteiger partial charge is 0.492 e. The molecule has 17 heavy (non-hydrogen) atoms. The SMILES string of the molecule is C#CCCOc1c(C)cccc1CNC1CC1. The molecule has 0 spiro atoms. The minimum absolute atomic E-state index is 0.595. The van der Waals surface area contributed by atoms with Crippen LogP contribution in [0, 0.1) is 19.3 Å². The Balaban J connectivity index is 2.01. The van der Waals surface area contributed by atoms with Gasteiger partial charge in [-0.3, -0.25) is 0 Å². The molecule has 0 aromatic heterocycles. The highest BCUT2D eigenvalue weighted by atomic mass is 16.5. The van der Waals surface area contributed by atoms with Crippen LogP contribution in [0.25, 0.3) is 0 Å². The van der Waals surface area contributed by atoms with Crippen molar-refractivity contribution in [3.05, 3.63) is 29.3 Å². The average Bonchev–Trinajstić information content (AvgIpc) is 3.13. The van der Waals surface area contributed by atoms with Gasteiger partial charge in [0.15, 0.2) is 0 Å². The Morgan fingerprint density at radius 2 is 2.29 bits per heavy atom. The molecule has 1 saturated carbocycles. The van der Waals surface area contributed by atoms with Crippen molar-refractivity contribution in [2.24, 2.45) is 0 Å². The van der Waals surface area contributed by atoms with Crippen LogP contribution >= 0.6 is 0 Å². The Hall–Kier alpha value is -1.46.